The molecule has 4 rings (SSSR count). The number of thiophene rings is 1. The standard InChI is InChI=1S/C24H22N2O4S/c1-30-22(28)14-25-21(27)12-15-6-10-18(11-7-15)26-24(29)20-13-17-9-8-16-4-2-3-5-19(16)23(17)31-20/h2-7,10-11,13H,8-9,12,14H2,1H3,(H,25,27)(H,26,29). The molecule has 0 atom stereocenters. The normalized spacial score (nSPS) is 11.8. The van der Waals surface area contributed by atoms with Gasteiger partial charge in [0.2, 0.25) is 5.91 Å². The molecule has 0 spiro atoms. The molecule has 1 heterocycles. The molecule has 1 aliphatic rings. The number of hydrogen-bond acceptors (Lipinski definition) is 5. The summed E-state index contributed by atoms with van der Waals surface area (Å²) in [6.45, 7) is -0.154. The summed E-state index contributed by atoms with van der Waals surface area (Å²) < 4.78 is 4.49. The molecule has 2 N–H and O–H groups in total. The Morgan fingerprint density at radius 2 is 1.74 bits per heavy atom. The van der Waals surface area contributed by atoms with Crippen LogP contribution in [0.1, 0.15) is 26.4 Å². The van der Waals surface area contributed by atoms with Crippen molar-refractivity contribution in [2.24, 2.45) is 0 Å². The number of carbonyl (C=O) groups excluding carboxylic acids is 3. The van der Waals surface area contributed by atoms with Gasteiger partial charge in [0.25, 0.3) is 5.91 Å². The summed E-state index contributed by atoms with van der Waals surface area (Å²) in [6, 6.07) is 17.4. The fourth-order valence-electron chi connectivity index (χ4n) is 3.57. The molecule has 1 aliphatic carbocycles. The second kappa shape index (κ2) is 9.14. The minimum absolute atomic E-state index is 0.138. The number of nitrogens with one attached hydrogen (secondary N) is 2. The number of esters is 1. The van der Waals surface area contributed by atoms with Crippen molar-refractivity contribution in [3.8, 4) is 10.4 Å². The maximum Gasteiger partial charge on any atom is 0.325 e. The molecule has 0 saturated carbocycles. The third-order valence-electron chi connectivity index (χ3n) is 5.19. The quantitative estimate of drug-likeness (QED) is 0.581. The van der Waals surface area contributed by atoms with Crippen molar-refractivity contribution in [1.29, 1.82) is 0 Å². The maximum absolute atomic E-state index is 12.8. The molecule has 0 aliphatic heterocycles. The second-order valence-corrected chi connectivity index (χ2v) is 8.36. The third kappa shape index (κ3) is 4.83. The molecule has 31 heavy (non-hydrogen) atoms. The molecule has 0 radical (unpaired) electrons. The van der Waals surface area contributed by atoms with E-state index in [0.717, 1.165) is 18.4 Å². The summed E-state index contributed by atoms with van der Waals surface area (Å²) in [6.07, 6.45) is 2.08. The van der Waals surface area contributed by atoms with Gasteiger partial charge in [-0.15, -0.1) is 11.3 Å². The SMILES string of the molecule is COC(=O)CNC(=O)Cc1ccc(NC(=O)c2cc3c(s2)-c2ccccc2CC3)cc1. The molecular formula is C24H22N2O4S. The van der Waals surface area contributed by atoms with E-state index < -0.39 is 5.97 Å². The van der Waals surface area contributed by atoms with Gasteiger partial charge in [-0.05, 0) is 53.3 Å². The zero-order valence-corrected chi connectivity index (χ0v) is 17.9. The number of amides is 2. The zero-order chi connectivity index (χ0) is 21.8. The van der Waals surface area contributed by atoms with Crippen molar-refractivity contribution < 1.29 is 19.1 Å². The molecule has 2 amide bonds. The number of benzene rings is 2. The Morgan fingerprint density at radius 1 is 1.00 bits per heavy atom. The van der Waals surface area contributed by atoms with E-state index in [0.29, 0.717) is 10.6 Å². The van der Waals surface area contributed by atoms with Gasteiger partial charge in [0.15, 0.2) is 0 Å². The highest BCUT2D eigenvalue weighted by atomic mass is 32.1. The number of methoxy groups -OCH3 is 1. The van der Waals surface area contributed by atoms with Gasteiger partial charge < -0.3 is 15.4 Å². The summed E-state index contributed by atoms with van der Waals surface area (Å²) in [5.74, 6) is -0.905. The van der Waals surface area contributed by atoms with Gasteiger partial charge in [0.1, 0.15) is 6.54 Å². The molecule has 3 aromatic rings. The number of anilines is 1. The van der Waals surface area contributed by atoms with Crippen LogP contribution in [0.2, 0.25) is 0 Å². The van der Waals surface area contributed by atoms with Crippen LogP contribution in [0, 0.1) is 0 Å². The van der Waals surface area contributed by atoms with Crippen molar-refractivity contribution in [3.05, 3.63) is 76.2 Å². The highest BCUT2D eigenvalue weighted by molar-refractivity contribution is 7.17. The Hall–Kier alpha value is -3.45. The first-order valence-corrected chi connectivity index (χ1v) is 10.8. The average Bonchev–Trinajstić information content (AvgIpc) is 3.24. The van der Waals surface area contributed by atoms with Crippen LogP contribution < -0.4 is 10.6 Å². The number of fused-ring (bicyclic) bond motifs is 3. The van der Waals surface area contributed by atoms with Gasteiger partial charge in [0, 0.05) is 10.6 Å². The fourth-order valence-corrected chi connectivity index (χ4v) is 4.74. The van der Waals surface area contributed by atoms with E-state index in [1.807, 2.05) is 12.1 Å². The summed E-state index contributed by atoms with van der Waals surface area (Å²) in [5.41, 5.74) is 5.22. The van der Waals surface area contributed by atoms with E-state index in [1.165, 1.54) is 40.0 Å². The monoisotopic (exact) mass is 434 g/mol. The molecule has 7 heteroatoms. The number of rotatable bonds is 6. The van der Waals surface area contributed by atoms with Gasteiger partial charge in [-0.3, -0.25) is 14.4 Å². The predicted octanol–water partition coefficient (Wildman–Crippen LogP) is 3.60. The van der Waals surface area contributed by atoms with Crippen molar-refractivity contribution in [1.82, 2.24) is 5.32 Å². The number of carbonyl (C=O) groups is 3. The minimum atomic E-state index is -0.495. The fraction of sp³-hybridized carbons (Fsp3) is 0.208. The van der Waals surface area contributed by atoms with Crippen molar-refractivity contribution in [3.63, 3.8) is 0 Å². The number of hydrogen-bond donors (Lipinski definition) is 2. The van der Waals surface area contributed by atoms with E-state index >= 15 is 0 Å². The summed E-state index contributed by atoms with van der Waals surface area (Å²) in [7, 11) is 1.27. The average molecular weight is 435 g/mol. The lowest BCUT2D eigenvalue weighted by molar-refractivity contribution is -0.141. The lowest BCUT2D eigenvalue weighted by Crippen LogP contribution is -2.31. The van der Waals surface area contributed by atoms with Crippen LogP contribution >= 0.6 is 11.3 Å². The Bertz CT molecular complexity index is 1130. The van der Waals surface area contributed by atoms with Gasteiger partial charge in [0.05, 0.1) is 18.4 Å². The maximum atomic E-state index is 12.8. The molecule has 1 aromatic heterocycles. The van der Waals surface area contributed by atoms with Crippen molar-refractivity contribution >= 4 is 34.8 Å². The van der Waals surface area contributed by atoms with Gasteiger partial charge in [-0.2, -0.15) is 0 Å². The molecular weight excluding hydrogens is 412 g/mol. The topological polar surface area (TPSA) is 84.5 Å². The second-order valence-electron chi connectivity index (χ2n) is 7.30. The predicted molar refractivity (Wildman–Crippen MR) is 120 cm³/mol. The lowest BCUT2D eigenvalue weighted by Gasteiger charge is -2.15. The van der Waals surface area contributed by atoms with Crippen molar-refractivity contribution in [2.45, 2.75) is 19.3 Å². The summed E-state index contributed by atoms with van der Waals surface area (Å²) >= 11 is 1.52. The molecule has 2 aromatic carbocycles. The largest absolute Gasteiger partial charge is 0.468 e. The van der Waals surface area contributed by atoms with Crippen LogP contribution in [0.3, 0.4) is 0 Å². The Morgan fingerprint density at radius 3 is 2.52 bits per heavy atom. The van der Waals surface area contributed by atoms with E-state index in [9.17, 15) is 14.4 Å². The number of ether oxygens (including phenoxy) is 1. The van der Waals surface area contributed by atoms with Crippen LogP contribution in [0.25, 0.3) is 10.4 Å². The molecule has 0 fully saturated rings. The van der Waals surface area contributed by atoms with E-state index in [-0.39, 0.29) is 24.8 Å². The Labute approximate surface area is 184 Å². The minimum Gasteiger partial charge on any atom is -0.468 e. The summed E-state index contributed by atoms with van der Waals surface area (Å²) in [4.78, 5) is 37.6. The smallest absolute Gasteiger partial charge is 0.325 e. The lowest BCUT2D eigenvalue weighted by atomic mass is 9.91. The third-order valence-corrected chi connectivity index (χ3v) is 6.40. The van der Waals surface area contributed by atoms with Crippen LogP contribution in [0.15, 0.2) is 54.6 Å². The Balaban J connectivity index is 1.38. The first-order valence-electron chi connectivity index (χ1n) is 9.98. The molecule has 158 valence electrons. The van der Waals surface area contributed by atoms with E-state index in [4.69, 9.17) is 0 Å². The van der Waals surface area contributed by atoms with Crippen LogP contribution in [-0.2, 0) is 33.6 Å². The van der Waals surface area contributed by atoms with Crippen LogP contribution in [-0.4, -0.2) is 31.4 Å². The van der Waals surface area contributed by atoms with Gasteiger partial charge in [-0.1, -0.05) is 36.4 Å². The number of aryl methyl sites for hydroxylation is 2. The van der Waals surface area contributed by atoms with Gasteiger partial charge >= 0.3 is 5.97 Å². The molecule has 0 bridgehead atoms. The zero-order valence-electron chi connectivity index (χ0n) is 17.1. The van der Waals surface area contributed by atoms with Crippen LogP contribution in [0.4, 0.5) is 5.69 Å². The van der Waals surface area contributed by atoms with Crippen molar-refractivity contribution in [2.75, 3.05) is 19.0 Å². The highest BCUT2D eigenvalue weighted by Gasteiger charge is 2.21. The molecule has 0 saturated heterocycles. The van der Waals surface area contributed by atoms with E-state index in [2.05, 4.69) is 33.6 Å². The summed E-state index contributed by atoms with van der Waals surface area (Å²) in [5, 5.41) is 5.43. The first kappa shape index (κ1) is 20.8. The molecule has 0 unspecified atom stereocenters. The highest BCUT2D eigenvalue weighted by Crippen LogP contribution is 2.39. The molecule has 6 nitrogen and oxygen atoms in total. The first-order chi connectivity index (χ1) is 15.0. The Kier molecular flexibility index (Phi) is 6.13. The van der Waals surface area contributed by atoms with Gasteiger partial charge in [-0.25, -0.2) is 0 Å². The van der Waals surface area contributed by atoms with E-state index in [1.54, 1.807) is 24.3 Å². The van der Waals surface area contributed by atoms with Crippen LogP contribution in [0.5, 0.6) is 0 Å².